The van der Waals surface area contributed by atoms with Crippen molar-refractivity contribution >= 4 is 23.2 Å². The van der Waals surface area contributed by atoms with E-state index in [4.69, 9.17) is 4.74 Å². The number of anilines is 1. The summed E-state index contributed by atoms with van der Waals surface area (Å²) in [4.78, 5) is 29.2. The van der Waals surface area contributed by atoms with Gasteiger partial charge in [0.05, 0.1) is 29.5 Å². The number of hydrogen-bond donors (Lipinski definition) is 2. The molecule has 36 heavy (non-hydrogen) atoms. The third-order valence-corrected chi connectivity index (χ3v) is 5.07. The minimum absolute atomic E-state index is 0.0134. The van der Waals surface area contributed by atoms with Crippen molar-refractivity contribution in [1.82, 2.24) is 20.3 Å². The first-order valence-corrected chi connectivity index (χ1v) is 11.9. The Kier molecular flexibility index (Phi) is 10.6. The Bertz CT molecular complexity index is 1110. The number of hydrogen-bond acceptors (Lipinski definition) is 6. The zero-order valence-corrected chi connectivity index (χ0v) is 21.4. The van der Waals surface area contributed by atoms with Crippen LogP contribution in [0.1, 0.15) is 60.3 Å². The first kappa shape index (κ1) is 28.5. The van der Waals surface area contributed by atoms with Crippen LogP contribution in [0.3, 0.4) is 0 Å². The molecule has 2 aromatic rings. The van der Waals surface area contributed by atoms with Crippen molar-refractivity contribution in [2.45, 2.75) is 72.3 Å². The van der Waals surface area contributed by atoms with E-state index in [1.54, 1.807) is 19.2 Å². The van der Waals surface area contributed by atoms with Crippen LogP contribution in [-0.4, -0.2) is 38.7 Å². The number of allylic oxidation sites excluding steroid dienone is 2. The normalized spacial score (nSPS) is 12.9. The first-order valence-electron chi connectivity index (χ1n) is 11.9. The maximum Gasteiger partial charge on any atom is 0.284 e. The van der Waals surface area contributed by atoms with E-state index in [-0.39, 0.29) is 23.7 Å². The molecule has 0 saturated heterocycles. The number of aliphatic imine (C=N–C) groups is 1. The van der Waals surface area contributed by atoms with Crippen LogP contribution < -0.4 is 15.4 Å². The summed E-state index contributed by atoms with van der Waals surface area (Å²) >= 11 is 0. The number of halogens is 2. The fourth-order valence-electron chi connectivity index (χ4n) is 3.13. The minimum atomic E-state index is -3.16. The van der Waals surface area contributed by atoms with Crippen molar-refractivity contribution in [3.05, 3.63) is 49.1 Å². The molecule has 2 N–H and O–H groups in total. The quantitative estimate of drug-likeness (QED) is 0.265. The lowest BCUT2D eigenvalue weighted by atomic mass is 10.1. The van der Waals surface area contributed by atoms with E-state index < -0.39 is 11.6 Å². The molecule has 0 bridgehead atoms. The Labute approximate surface area is 211 Å². The summed E-state index contributed by atoms with van der Waals surface area (Å²) in [6.45, 7) is 11.4. The molecule has 194 valence electrons. The van der Waals surface area contributed by atoms with E-state index in [0.717, 1.165) is 32.6 Å². The monoisotopic (exact) mass is 500 g/mol. The zero-order chi connectivity index (χ0) is 26.7. The van der Waals surface area contributed by atoms with Gasteiger partial charge in [0.2, 0.25) is 11.8 Å². The van der Waals surface area contributed by atoms with Crippen LogP contribution in [0.5, 0.6) is 5.88 Å². The van der Waals surface area contributed by atoms with Crippen LogP contribution in [0.25, 0.3) is 11.3 Å². The Balaban J connectivity index is 2.53. The van der Waals surface area contributed by atoms with Gasteiger partial charge in [0.25, 0.3) is 5.92 Å². The van der Waals surface area contributed by atoms with Crippen molar-refractivity contribution in [1.29, 1.82) is 0 Å². The SMILES string of the molecule is C=C(NC(/C=C\C)=Nc1cc(NC(C)=O)ncc1-c1cncc(OC(CC)CCCC)n1)C(C)(F)F. The van der Waals surface area contributed by atoms with Gasteiger partial charge in [0, 0.05) is 31.7 Å². The van der Waals surface area contributed by atoms with Gasteiger partial charge < -0.3 is 15.4 Å². The number of carbonyl (C=O) groups is 1. The number of rotatable bonds is 12. The molecule has 2 rings (SSSR count). The van der Waals surface area contributed by atoms with Gasteiger partial charge in [-0.05, 0) is 25.8 Å². The smallest absolute Gasteiger partial charge is 0.284 e. The lowest BCUT2D eigenvalue weighted by Crippen LogP contribution is -2.30. The molecule has 1 unspecified atom stereocenters. The lowest BCUT2D eigenvalue weighted by molar-refractivity contribution is -0.114. The average Bonchev–Trinajstić information content (AvgIpc) is 2.81. The fraction of sp³-hybridized carbons (Fsp3) is 0.423. The fourth-order valence-corrected chi connectivity index (χ4v) is 3.13. The van der Waals surface area contributed by atoms with Gasteiger partial charge in [0.15, 0.2) is 0 Å². The summed E-state index contributed by atoms with van der Waals surface area (Å²) in [6, 6.07) is 1.53. The van der Waals surface area contributed by atoms with Gasteiger partial charge in [-0.25, -0.2) is 23.7 Å². The molecule has 0 saturated carbocycles. The van der Waals surface area contributed by atoms with E-state index in [1.807, 2.05) is 0 Å². The molecule has 2 heterocycles. The Hall–Kier alpha value is -3.69. The number of nitrogens with one attached hydrogen (secondary N) is 2. The first-order chi connectivity index (χ1) is 17.1. The van der Waals surface area contributed by atoms with E-state index in [2.05, 4.69) is 51.0 Å². The summed E-state index contributed by atoms with van der Waals surface area (Å²) in [5.41, 5.74) is 0.718. The molecule has 8 nitrogen and oxygen atoms in total. The van der Waals surface area contributed by atoms with Gasteiger partial charge in [-0.2, -0.15) is 0 Å². The van der Waals surface area contributed by atoms with Crippen LogP contribution in [0.4, 0.5) is 20.3 Å². The number of alkyl halides is 2. The third kappa shape index (κ3) is 8.83. The van der Waals surface area contributed by atoms with Crippen molar-refractivity contribution in [3.8, 4) is 17.1 Å². The molecule has 1 amide bonds. The number of amidine groups is 1. The molecule has 0 aliphatic carbocycles. The number of aromatic nitrogens is 3. The van der Waals surface area contributed by atoms with E-state index in [1.165, 1.54) is 31.5 Å². The third-order valence-electron chi connectivity index (χ3n) is 5.07. The summed E-state index contributed by atoms with van der Waals surface area (Å²) in [5, 5.41) is 5.16. The molecule has 2 aromatic heterocycles. The van der Waals surface area contributed by atoms with E-state index >= 15 is 0 Å². The molecule has 0 aliphatic heterocycles. The average molecular weight is 501 g/mol. The van der Waals surface area contributed by atoms with Crippen LogP contribution in [0.2, 0.25) is 0 Å². The van der Waals surface area contributed by atoms with Crippen molar-refractivity contribution in [3.63, 3.8) is 0 Å². The number of amides is 1. The number of carbonyl (C=O) groups excluding carboxylic acids is 1. The highest BCUT2D eigenvalue weighted by atomic mass is 19.3. The van der Waals surface area contributed by atoms with Crippen molar-refractivity contribution < 1.29 is 18.3 Å². The maximum absolute atomic E-state index is 13.7. The second-order valence-corrected chi connectivity index (χ2v) is 8.29. The van der Waals surface area contributed by atoms with E-state index in [9.17, 15) is 13.6 Å². The maximum atomic E-state index is 13.7. The highest BCUT2D eigenvalue weighted by Gasteiger charge is 2.26. The van der Waals surface area contributed by atoms with Crippen LogP contribution in [0, 0.1) is 0 Å². The Morgan fingerprint density at radius 2 is 2.06 bits per heavy atom. The number of pyridine rings is 1. The largest absolute Gasteiger partial charge is 0.473 e. The number of ether oxygens (including phenoxy) is 1. The standard InChI is InChI=1S/C26H34F2N6O2/c1-7-10-12-19(9-3)36-25-16-29-15-22(34-25)20-14-30-24(32-18(5)35)13-21(20)33-23(11-8-2)31-17(4)26(6,27)28/h8,11,13-16,19H,4,7,9-10,12H2,1-3,5-6H3,(H2,30,31,32,33,35)/b11-8-. The molecule has 0 fully saturated rings. The van der Waals surface area contributed by atoms with Crippen molar-refractivity contribution in [2.24, 2.45) is 4.99 Å². The molecule has 0 radical (unpaired) electrons. The van der Waals surface area contributed by atoms with Gasteiger partial charge in [-0.1, -0.05) is 39.3 Å². The van der Waals surface area contributed by atoms with Gasteiger partial charge >= 0.3 is 0 Å². The number of nitrogens with zero attached hydrogens (tertiary/aromatic N) is 4. The molecular formula is C26H34F2N6O2. The molecule has 0 aromatic carbocycles. The van der Waals surface area contributed by atoms with Crippen LogP contribution in [-0.2, 0) is 4.79 Å². The van der Waals surface area contributed by atoms with Crippen LogP contribution >= 0.6 is 0 Å². The summed E-state index contributed by atoms with van der Waals surface area (Å²) < 4.78 is 33.5. The second-order valence-electron chi connectivity index (χ2n) is 8.29. The summed E-state index contributed by atoms with van der Waals surface area (Å²) in [5.74, 6) is -2.74. The predicted molar refractivity (Wildman–Crippen MR) is 139 cm³/mol. The lowest BCUT2D eigenvalue weighted by Gasteiger charge is -2.17. The van der Waals surface area contributed by atoms with Gasteiger partial charge in [-0.15, -0.1) is 0 Å². The minimum Gasteiger partial charge on any atom is -0.473 e. The van der Waals surface area contributed by atoms with Crippen LogP contribution in [0.15, 0.2) is 54.1 Å². The Morgan fingerprint density at radius 1 is 1.31 bits per heavy atom. The van der Waals surface area contributed by atoms with E-state index in [0.29, 0.717) is 22.8 Å². The zero-order valence-electron chi connectivity index (χ0n) is 21.4. The van der Waals surface area contributed by atoms with Gasteiger partial charge in [0.1, 0.15) is 17.8 Å². The second kappa shape index (κ2) is 13.4. The molecule has 1 atom stereocenters. The van der Waals surface area contributed by atoms with Crippen molar-refractivity contribution in [2.75, 3.05) is 5.32 Å². The summed E-state index contributed by atoms with van der Waals surface area (Å²) in [7, 11) is 0. The number of unbranched alkanes of at least 4 members (excludes halogenated alkanes) is 1. The Morgan fingerprint density at radius 3 is 2.67 bits per heavy atom. The highest BCUT2D eigenvalue weighted by Crippen LogP contribution is 2.32. The predicted octanol–water partition coefficient (Wildman–Crippen LogP) is 6.21. The molecular weight excluding hydrogens is 466 g/mol. The molecule has 0 spiro atoms. The summed E-state index contributed by atoms with van der Waals surface area (Å²) in [6.07, 6.45) is 11.6. The van der Waals surface area contributed by atoms with Gasteiger partial charge in [-0.3, -0.25) is 9.78 Å². The topological polar surface area (TPSA) is 101 Å². The molecule has 10 heteroatoms. The molecule has 0 aliphatic rings. The highest BCUT2D eigenvalue weighted by molar-refractivity contribution is 5.97.